The Morgan fingerprint density at radius 2 is 2.00 bits per heavy atom. The quantitative estimate of drug-likeness (QED) is 0.651. The summed E-state index contributed by atoms with van der Waals surface area (Å²) in [5.74, 6) is -1.59. The first-order valence-electron chi connectivity index (χ1n) is 8.19. The molecule has 1 aliphatic heterocycles. The lowest BCUT2D eigenvalue weighted by Gasteiger charge is -2.27. The van der Waals surface area contributed by atoms with Crippen molar-refractivity contribution in [1.29, 1.82) is 0 Å². The minimum atomic E-state index is -4.69. The Labute approximate surface area is 156 Å². The smallest absolute Gasteiger partial charge is 0.334 e. The zero-order valence-corrected chi connectivity index (χ0v) is 15.0. The van der Waals surface area contributed by atoms with Gasteiger partial charge in [-0.05, 0) is 31.0 Å². The molecular weight excluding hydrogens is 379 g/mol. The summed E-state index contributed by atoms with van der Waals surface area (Å²) in [6.45, 7) is 2.80. The molecule has 140 valence electrons. The van der Waals surface area contributed by atoms with Crippen molar-refractivity contribution in [2.75, 3.05) is 6.54 Å². The summed E-state index contributed by atoms with van der Waals surface area (Å²) in [6.07, 6.45) is -4.05. The molecule has 3 aromatic rings. The highest BCUT2D eigenvalue weighted by Crippen LogP contribution is 2.36. The first kappa shape index (κ1) is 17.7. The Balaban J connectivity index is 1.61. The van der Waals surface area contributed by atoms with Crippen LogP contribution in [0.1, 0.15) is 32.3 Å². The average molecular weight is 393 g/mol. The second-order valence-corrected chi connectivity index (χ2v) is 7.28. The van der Waals surface area contributed by atoms with Gasteiger partial charge in [-0.3, -0.25) is 4.79 Å². The van der Waals surface area contributed by atoms with Crippen molar-refractivity contribution >= 4 is 17.2 Å². The number of alkyl halides is 3. The minimum absolute atomic E-state index is 0.107. The molecule has 0 saturated carbocycles. The van der Waals surface area contributed by atoms with Gasteiger partial charge in [0.1, 0.15) is 0 Å². The molecule has 0 N–H and O–H groups in total. The second-order valence-electron chi connectivity index (χ2n) is 6.31. The van der Waals surface area contributed by atoms with Gasteiger partial charge >= 0.3 is 12.1 Å². The molecule has 9 heteroatoms. The number of fused-ring (bicyclic) bond motifs is 1. The van der Waals surface area contributed by atoms with Crippen molar-refractivity contribution in [3.63, 3.8) is 0 Å². The highest BCUT2D eigenvalue weighted by Gasteiger charge is 2.39. The SMILES string of the molecule is Cc1ccc(C(=O)N2CCc3scc(-c4noc(C(F)(F)F)n4)c3C2)cc1. The molecule has 0 atom stereocenters. The fourth-order valence-electron chi connectivity index (χ4n) is 3.00. The van der Waals surface area contributed by atoms with E-state index in [9.17, 15) is 18.0 Å². The van der Waals surface area contributed by atoms with Crippen LogP contribution in [0.2, 0.25) is 0 Å². The van der Waals surface area contributed by atoms with Crippen molar-refractivity contribution in [2.45, 2.75) is 26.1 Å². The number of carbonyl (C=O) groups excluding carboxylic acids is 1. The van der Waals surface area contributed by atoms with Crippen LogP contribution in [-0.4, -0.2) is 27.5 Å². The van der Waals surface area contributed by atoms with Gasteiger partial charge in [-0.2, -0.15) is 18.2 Å². The van der Waals surface area contributed by atoms with Gasteiger partial charge in [-0.25, -0.2) is 0 Å². The van der Waals surface area contributed by atoms with Crippen molar-refractivity contribution < 1.29 is 22.5 Å². The Bertz CT molecular complexity index is 992. The summed E-state index contributed by atoms with van der Waals surface area (Å²) >= 11 is 1.43. The van der Waals surface area contributed by atoms with Crippen molar-refractivity contribution in [1.82, 2.24) is 15.0 Å². The molecule has 0 spiro atoms. The number of hydrogen-bond donors (Lipinski definition) is 0. The number of rotatable bonds is 2. The van der Waals surface area contributed by atoms with Gasteiger partial charge in [0.25, 0.3) is 5.91 Å². The molecule has 2 aromatic heterocycles. The summed E-state index contributed by atoms with van der Waals surface area (Å²) in [5, 5.41) is 5.19. The zero-order valence-electron chi connectivity index (χ0n) is 14.2. The molecule has 27 heavy (non-hydrogen) atoms. The van der Waals surface area contributed by atoms with Crippen molar-refractivity contribution in [3.8, 4) is 11.4 Å². The molecule has 0 saturated heterocycles. The fraction of sp³-hybridized carbons (Fsp3) is 0.278. The largest absolute Gasteiger partial charge is 0.471 e. The van der Waals surface area contributed by atoms with Gasteiger partial charge < -0.3 is 9.42 Å². The minimum Gasteiger partial charge on any atom is -0.334 e. The van der Waals surface area contributed by atoms with Gasteiger partial charge in [-0.15, -0.1) is 11.3 Å². The number of carbonyl (C=O) groups is 1. The van der Waals surface area contributed by atoms with E-state index in [1.807, 2.05) is 19.1 Å². The second kappa shape index (κ2) is 6.49. The molecule has 3 heterocycles. The molecule has 0 fully saturated rings. The third-order valence-electron chi connectivity index (χ3n) is 4.43. The molecule has 4 rings (SSSR count). The van der Waals surface area contributed by atoms with E-state index in [1.165, 1.54) is 11.3 Å². The van der Waals surface area contributed by atoms with E-state index in [0.29, 0.717) is 30.6 Å². The van der Waals surface area contributed by atoms with E-state index in [0.717, 1.165) is 16.0 Å². The number of amides is 1. The van der Waals surface area contributed by atoms with Gasteiger partial charge in [0.2, 0.25) is 5.82 Å². The van der Waals surface area contributed by atoms with Crippen LogP contribution in [0.4, 0.5) is 13.2 Å². The maximum absolute atomic E-state index is 12.8. The summed E-state index contributed by atoms with van der Waals surface area (Å²) < 4.78 is 42.5. The van der Waals surface area contributed by atoms with Gasteiger partial charge in [0.15, 0.2) is 0 Å². The molecule has 0 unspecified atom stereocenters. The van der Waals surface area contributed by atoms with Crippen LogP contribution in [0.3, 0.4) is 0 Å². The molecule has 0 bridgehead atoms. The Morgan fingerprint density at radius 3 is 2.67 bits per heavy atom. The predicted octanol–water partition coefficient (Wildman–Crippen LogP) is 4.32. The summed E-state index contributed by atoms with van der Waals surface area (Å²) in [7, 11) is 0. The van der Waals surface area contributed by atoms with E-state index < -0.39 is 12.1 Å². The van der Waals surface area contributed by atoms with Crippen LogP contribution in [-0.2, 0) is 19.1 Å². The number of aryl methyl sites for hydroxylation is 1. The van der Waals surface area contributed by atoms with Crippen LogP contribution in [0.25, 0.3) is 11.4 Å². The summed E-state index contributed by atoms with van der Waals surface area (Å²) in [5.41, 5.74) is 2.90. The van der Waals surface area contributed by atoms with E-state index in [-0.39, 0.29) is 11.7 Å². The van der Waals surface area contributed by atoms with Gasteiger partial charge in [0.05, 0.1) is 0 Å². The molecule has 1 amide bonds. The van der Waals surface area contributed by atoms with Crippen molar-refractivity contribution in [2.24, 2.45) is 0 Å². The number of halogens is 3. The number of thiophene rings is 1. The molecule has 0 radical (unpaired) electrons. The first-order valence-corrected chi connectivity index (χ1v) is 9.07. The number of hydrogen-bond acceptors (Lipinski definition) is 5. The monoisotopic (exact) mass is 393 g/mol. The topological polar surface area (TPSA) is 59.2 Å². The number of benzene rings is 1. The zero-order chi connectivity index (χ0) is 19.2. The summed E-state index contributed by atoms with van der Waals surface area (Å²) in [6, 6.07) is 7.29. The lowest BCUT2D eigenvalue weighted by molar-refractivity contribution is -0.159. The molecule has 1 aliphatic rings. The standard InChI is InChI=1S/C18H14F3N3O2S/c1-10-2-4-11(5-3-10)16(25)24-7-6-14-12(8-24)13(9-27-14)15-22-17(26-23-15)18(19,20)21/h2-5,9H,6-8H2,1H3. The molecular formula is C18H14F3N3O2S. The van der Waals surface area contributed by atoms with E-state index in [1.54, 1.807) is 22.4 Å². The van der Waals surface area contributed by atoms with Gasteiger partial charge in [0, 0.05) is 34.5 Å². The highest BCUT2D eigenvalue weighted by atomic mass is 32.1. The predicted molar refractivity (Wildman–Crippen MR) is 92.2 cm³/mol. The Hall–Kier alpha value is -2.68. The lowest BCUT2D eigenvalue weighted by atomic mass is 10.0. The highest BCUT2D eigenvalue weighted by molar-refractivity contribution is 7.10. The Kier molecular flexibility index (Phi) is 4.26. The van der Waals surface area contributed by atoms with Crippen LogP contribution < -0.4 is 0 Å². The van der Waals surface area contributed by atoms with Gasteiger partial charge in [-0.1, -0.05) is 22.9 Å². The normalized spacial score (nSPS) is 14.3. The third-order valence-corrected chi connectivity index (χ3v) is 5.52. The number of aromatic nitrogens is 2. The van der Waals surface area contributed by atoms with Crippen molar-refractivity contribution in [3.05, 3.63) is 57.1 Å². The first-order chi connectivity index (χ1) is 12.8. The van der Waals surface area contributed by atoms with E-state index >= 15 is 0 Å². The fourth-order valence-corrected chi connectivity index (χ4v) is 4.03. The lowest BCUT2D eigenvalue weighted by Crippen LogP contribution is -2.35. The number of nitrogens with zero attached hydrogens (tertiary/aromatic N) is 3. The molecule has 1 aromatic carbocycles. The Morgan fingerprint density at radius 1 is 1.26 bits per heavy atom. The van der Waals surface area contributed by atoms with Crippen LogP contribution in [0, 0.1) is 6.92 Å². The van der Waals surface area contributed by atoms with E-state index in [4.69, 9.17) is 0 Å². The van der Waals surface area contributed by atoms with Crippen LogP contribution in [0.15, 0.2) is 34.2 Å². The maximum Gasteiger partial charge on any atom is 0.471 e. The maximum atomic E-state index is 12.8. The van der Waals surface area contributed by atoms with Crippen LogP contribution >= 0.6 is 11.3 Å². The average Bonchev–Trinajstić information content (AvgIpc) is 3.27. The van der Waals surface area contributed by atoms with E-state index in [2.05, 4.69) is 14.7 Å². The molecule has 5 nitrogen and oxygen atoms in total. The van der Waals surface area contributed by atoms with Crippen LogP contribution in [0.5, 0.6) is 0 Å². The third kappa shape index (κ3) is 3.34. The molecule has 0 aliphatic carbocycles. The summed E-state index contributed by atoms with van der Waals surface area (Å²) in [4.78, 5) is 18.9.